The first-order valence-corrected chi connectivity index (χ1v) is 4.85. The average Bonchev–Trinajstić information content (AvgIpc) is 1.97. The Labute approximate surface area is 82.2 Å². The van der Waals surface area contributed by atoms with Crippen LogP contribution in [-0.2, 0) is 0 Å². The highest BCUT2D eigenvalue weighted by atomic mass is 19.4. The maximum atomic E-state index is 11.9. The lowest BCUT2D eigenvalue weighted by Gasteiger charge is -2.41. The van der Waals surface area contributed by atoms with E-state index in [9.17, 15) is 13.2 Å². The van der Waals surface area contributed by atoms with Gasteiger partial charge >= 0.3 is 6.18 Å². The maximum Gasteiger partial charge on any atom is 0.390 e. The van der Waals surface area contributed by atoms with Gasteiger partial charge in [0, 0.05) is 18.6 Å². The topological polar surface area (TPSA) is 29.3 Å². The van der Waals surface area contributed by atoms with E-state index in [1.165, 1.54) is 0 Å². The zero-order valence-electron chi connectivity index (χ0n) is 8.40. The minimum absolute atomic E-state index is 0.0441. The maximum absolute atomic E-state index is 11.9. The minimum atomic E-state index is -4.06. The largest absolute Gasteiger partial charge is 0.390 e. The van der Waals surface area contributed by atoms with Crippen molar-refractivity contribution in [3.8, 4) is 0 Å². The number of hydrogen-bond donors (Lipinski definition) is 1. The Kier molecular flexibility index (Phi) is 3.42. The van der Waals surface area contributed by atoms with Crippen molar-refractivity contribution in [2.45, 2.75) is 37.4 Å². The van der Waals surface area contributed by atoms with Crippen LogP contribution in [0.2, 0.25) is 0 Å². The van der Waals surface area contributed by atoms with Crippen molar-refractivity contribution in [3.05, 3.63) is 0 Å². The van der Waals surface area contributed by atoms with E-state index in [0.29, 0.717) is 6.54 Å². The Morgan fingerprint density at radius 2 is 1.93 bits per heavy atom. The van der Waals surface area contributed by atoms with Gasteiger partial charge in [0.25, 0.3) is 0 Å². The summed E-state index contributed by atoms with van der Waals surface area (Å²) >= 11 is 0. The third kappa shape index (κ3) is 3.84. The lowest BCUT2D eigenvalue weighted by atomic mass is 9.77. The summed E-state index contributed by atoms with van der Waals surface area (Å²) in [7, 11) is 1.69. The quantitative estimate of drug-likeness (QED) is 0.766. The van der Waals surface area contributed by atoms with E-state index in [-0.39, 0.29) is 12.1 Å². The van der Waals surface area contributed by atoms with Gasteiger partial charge in [0.1, 0.15) is 0 Å². The number of hydrogen-bond acceptors (Lipinski definition) is 2. The molecule has 0 spiro atoms. The van der Waals surface area contributed by atoms with Crippen LogP contribution in [0, 0.1) is 0 Å². The van der Waals surface area contributed by atoms with Crippen LogP contribution < -0.4 is 5.73 Å². The molecule has 1 rings (SSSR count). The molecule has 0 heterocycles. The van der Waals surface area contributed by atoms with Gasteiger partial charge in [-0.25, -0.2) is 0 Å². The summed E-state index contributed by atoms with van der Waals surface area (Å²) in [6, 6.07) is 0. The van der Waals surface area contributed by atoms with E-state index in [1.54, 1.807) is 11.9 Å². The Bertz CT molecular complexity index is 187. The molecule has 1 saturated carbocycles. The van der Waals surface area contributed by atoms with Crippen LogP contribution in [0.25, 0.3) is 0 Å². The molecule has 1 aliphatic carbocycles. The third-order valence-corrected chi connectivity index (χ3v) is 2.71. The van der Waals surface area contributed by atoms with Crippen LogP contribution in [0.4, 0.5) is 13.2 Å². The first-order valence-electron chi connectivity index (χ1n) is 4.85. The molecule has 1 fully saturated rings. The molecule has 2 N–H and O–H groups in total. The van der Waals surface area contributed by atoms with Gasteiger partial charge in [-0.2, -0.15) is 13.2 Å². The molecule has 84 valence electrons. The summed E-state index contributed by atoms with van der Waals surface area (Å²) in [5.41, 5.74) is 5.70. The Hall–Kier alpha value is -0.290. The predicted molar refractivity (Wildman–Crippen MR) is 48.9 cm³/mol. The molecular formula is C9H17F3N2. The Morgan fingerprint density at radius 3 is 2.29 bits per heavy atom. The molecule has 0 aliphatic heterocycles. The van der Waals surface area contributed by atoms with Crippen molar-refractivity contribution in [2.24, 2.45) is 5.73 Å². The summed E-state index contributed by atoms with van der Waals surface area (Å²) in [6.45, 7) is 0.617. The summed E-state index contributed by atoms with van der Waals surface area (Å²) in [5, 5.41) is 0. The molecule has 1 aliphatic rings. The lowest BCUT2D eigenvalue weighted by molar-refractivity contribution is -0.137. The fraction of sp³-hybridized carbons (Fsp3) is 1.00. The molecule has 0 radical (unpaired) electrons. The highest BCUT2D eigenvalue weighted by Crippen LogP contribution is 2.30. The number of rotatable bonds is 4. The SMILES string of the molecule is CN(CCC(F)(F)F)CC1(N)CCC1. The molecule has 0 aromatic rings. The minimum Gasteiger partial charge on any atom is -0.324 e. The lowest BCUT2D eigenvalue weighted by Crippen LogP contribution is -2.54. The van der Waals surface area contributed by atoms with Crippen LogP contribution in [-0.4, -0.2) is 36.8 Å². The van der Waals surface area contributed by atoms with Crippen LogP contribution in [0.15, 0.2) is 0 Å². The molecule has 5 heteroatoms. The van der Waals surface area contributed by atoms with Gasteiger partial charge in [0.15, 0.2) is 0 Å². The first kappa shape index (κ1) is 11.8. The second-order valence-electron chi connectivity index (χ2n) is 4.32. The average molecular weight is 210 g/mol. The van der Waals surface area contributed by atoms with Crippen LogP contribution in [0.5, 0.6) is 0 Å². The van der Waals surface area contributed by atoms with E-state index in [0.717, 1.165) is 19.3 Å². The molecule has 14 heavy (non-hydrogen) atoms. The second-order valence-corrected chi connectivity index (χ2v) is 4.32. The van der Waals surface area contributed by atoms with Crippen LogP contribution in [0.1, 0.15) is 25.7 Å². The zero-order chi connectivity index (χ0) is 10.8. The van der Waals surface area contributed by atoms with Gasteiger partial charge < -0.3 is 10.6 Å². The number of alkyl halides is 3. The normalized spacial score (nSPS) is 21.0. The number of nitrogens with two attached hydrogens (primary N) is 1. The first-order chi connectivity index (χ1) is 6.31. The van der Waals surface area contributed by atoms with Crippen molar-refractivity contribution >= 4 is 0 Å². The summed E-state index contributed by atoms with van der Waals surface area (Å²) in [6.07, 6.45) is -1.84. The molecule has 0 unspecified atom stereocenters. The summed E-state index contributed by atoms with van der Waals surface area (Å²) in [5.74, 6) is 0. The van der Waals surface area contributed by atoms with Gasteiger partial charge in [-0.05, 0) is 26.3 Å². The fourth-order valence-electron chi connectivity index (χ4n) is 1.72. The van der Waals surface area contributed by atoms with Gasteiger partial charge in [0.2, 0.25) is 0 Å². The second kappa shape index (κ2) is 4.06. The van der Waals surface area contributed by atoms with Crippen molar-refractivity contribution in [1.29, 1.82) is 0 Å². The van der Waals surface area contributed by atoms with Gasteiger partial charge in [-0.15, -0.1) is 0 Å². The van der Waals surface area contributed by atoms with E-state index >= 15 is 0 Å². The Morgan fingerprint density at radius 1 is 1.36 bits per heavy atom. The molecule has 0 amide bonds. The monoisotopic (exact) mass is 210 g/mol. The molecule has 0 aromatic carbocycles. The van der Waals surface area contributed by atoms with E-state index < -0.39 is 12.6 Å². The van der Waals surface area contributed by atoms with Crippen molar-refractivity contribution in [2.75, 3.05) is 20.1 Å². The fourth-order valence-corrected chi connectivity index (χ4v) is 1.72. The van der Waals surface area contributed by atoms with Crippen LogP contribution >= 0.6 is 0 Å². The molecule has 0 saturated heterocycles. The molecule has 0 aromatic heterocycles. The van der Waals surface area contributed by atoms with E-state index in [1.807, 2.05) is 0 Å². The zero-order valence-corrected chi connectivity index (χ0v) is 8.40. The van der Waals surface area contributed by atoms with Crippen molar-refractivity contribution in [1.82, 2.24) is 4.90 Å². The highest BCUT2D eigenvalue weighted by molar-refractivity contribution is 4.94. The van der Waals surface area contributed by atoms with Gasteiger partial charge in [-0.1, -0.05) is 0 Å². The van der Waals surface area contributed by atoms with E-state index in [4.69, 9.17) is 5.73 Å². The van der Waals surface area contributed by atoms with Crippen LogP contribution in [0.3, 0.4) is 0 Å². The molecule has 0 atom stereocenters. The van der Waals surface area contributed by atoms with Gasteiger partial charge in [-0.3, -0.25) is 0 Å². The highest BCUT2D eigenvalue weighted by Gasteiger charge is 2.34. The molecule has 2 nitrogen and oxygen atoms in total. The standard InChI is InChI=1S/C9H17F3N2/c1-14(6-5-9(10,11)12)7-8(13)3-2-4-8/h2-7,13H2,1H3. The summed E-state index contributed by atoms with van der Waals surface area (Å²) < 4.78 is 35.7. The van der Waals surface area contributed by atoms with Crippen molar-refractivity contribution in [3.63, 3.8) is 0 Å². The third-order valence-electron chi connectivity index (χ3n) is 2.71. The molecular weight excluding hydrogens is 193 g/mol. The number of nitrogens with zero attached hydrogens (tertiary/aromatic N) is 1. The smallest absolute Gasteiger partial charge is 0.324 e. The van der Waals surface area contributed by atoms with E-state index in [2.05, 4.69) is 0 Å². The number of likely N-dealkylation sites (N-methyl/N-ethyl adjacent to an activating group) is 1. The predicted octanol–water partition coefficient (Wildman–Crippen LogP) is 1.75. The Balaban J connectivity index is 2.19. The number of halogens is 3. The molecule has 0 bridgehead atoms. The van der Waals surface area contributed by atoms with Gasteiger partial charge in [0.05, 0.1) is 6.42 Å². The summed E-state index contributed by atoms with van der Waals surface area (Å²) in [4.78, 5) is 1.67. The van der Waals surface area contributed by atoms with Crippen molar-refractivity contribution < 1.29 is 13.2 Å².